The number of unbranched alkanes of at least 4 members (excludes halogenated alkanes) is 1. The summed E-state index contributed by atoms with van der Waals surface area (Å²) >= 11 is 0. The van der Waals surface area contributed by atoms with Gasteiger partial charge in [-0.2, -0.15) is 0 Å². The molecule has 64 valence electrons. The Kier molecular flexibility index (Phi) is 3.59. The zero-order valence-electron chi connectivity index (χ0n) is 7.72. The second-order valence-electron chi connectivity index (χ2n) is 3.05. The van der Waals surface area contributed by atoms with Gasteiger partial charge in [-0.25, -0.2) is 0 Å². The lowest BCUT2D eigenvalue weighted by Gasteiger charge is -1.99. The molecule has 0 radical (unpaired) electrons. The molecule has 0 heteroatoms. The molecule has 1 rings (SSSR count). The first kappa shape index (κ1) is 9.05. The molecule has 1 aromatic rings. The van der Waals surface area contributed by atoms with E-state index in [9.17, 15) is 0 Å². The molecule has 0 aliphatic carbocycles. The summed E-state index contributed by atoms with van der Waals surface area (Å²) in [4.78, 5) is 0. The Hall–Kier alpha value is -1.04. The van der Waals surface area contributed by atoms with E-state index in [0.29, 0.717) is 0 Å². The van der Waals surface area contributed by atoms with Gasteiger partial charge in [-0.1, -0.05) is 50.3 Å². The van der Waals surface area contributed by atoms with Gasteiger partial charge in [-0.3, -0.25) is 0 Å². The lowest BCUT2D eigenvalue weighted by molar-refractivity contribution is 0.795. The summed E-state index contributed by atoms with van der Waals surface area (Å²) < 4.78 is 0. The van der Waals surface area contributed by atoms with E-state index in [0.717, 1.165) is 0 Å². The van der Waals surface area contributed by atoms with Crippen molar-refractivity contribution in [2.75, 3.05) is 0 Å². The molecule has 0 N–H and O–H groups in total. The SMILES string of the molecule is C=Cc1ccc(CCCC)cc1. The van der Waals surface area contributed by atoms with Gasteiger partial charge in [0.2, 0.25) is 0 Å². The monoisotopic (exact) mass is 160 g/mol. The second-order valence-corrected chi connectivity index (χ2v) is 3.05. The molecule has 0 nitrogen and oxygen atoms in total. The van der Waals surface area contributed by atoms with Crippen LogP contribution in [0.5, 0.6) is 0 Å². The molecule has 0 fully saturated rings. The van der Waals surface area contributed by atoms with Crippen molar-refractivity contribution in [2.45, 2.75) is 26.2 Å². The Morgan fingerprint density at radius 3 is 2.42 bits per heavy atom. The van der Waals surface area contributed by atoms with Gasteiger partial charge >= 0.3 is 0 Å². The van der Waals surface area contributed by atoms with Gasteiger partial charge in [0.15, 0.2) is 0 Å². The van der Waals surface area contributed by atoms with Crippen LogP contribution in [0.2, 0.25) is 0 Å². The average molecular weight is 160 g/mol. The van der Waals surface area contributed by atoms with Gasteiger partial charge in [0.05, 0.1) is 0 Å². The van der Waals surface area contributed by atoms with Crippen molar-refractivity contribution in [3.8, 4) is 0 Å². The molecule has 1 aromatic carbocycles. The zero-order valence-corrected chi connectivity index (χ0v) is 7.72. The summed E-state index contributed by atoms with van der Waals surface area (Å²) in [5, 5.41) is 0. The number of aryl methyl sites for hydroxylation is 1. The van der Waals surface area contributed by atoms with Gasteiger partial charge in [0.1, 0.15) is 0 Å². The smallest absolute Gasteiger partial charge is 0.0262 e. The van der Waals surface area contributed by atoms with Gasteiger partial charge in [0.25, 0.3) is 0 Å². The minimum Gasteiger partial charge on any atom is -0.0985 e. The van der Waals surface area contributed by atoms with E-state index >= 15 is 0 Å². The van der Waals surface area contributed by atoms with E-state index in [1.54, 1.807) is 0 Å². The molecule has 0 spiro atoms. The zero-order chi connectivity index (χ0) is 8.81. The number of hydrogen-bond acceptors (Lipinski definition) is 0. The van der Waals surface area contributed by atoms with Crippen LogP contribution < -0.4 is 0 Å². The van der Waals surface area contributed by atoms with Crippen molar-refractivity contribution in [2.24, 2.45) is 0 Å². The second kappa shape index (κ2) is 4.76. The molecule has 0 amide bonds. The van der Waals surface area contributed by atoms with Crippen molar-refractivity contribution in [3.63, 3.8) is 0 Å². The molecule has 0 saturated heterocycles. The first-order chi connectivity index (χ1) is 5.86. The van der Waals surface area contributed by atoms with Crippen LogP contribution in [0.3, 0.4) is 0 Å². The molecule has 0 heterocycles. The average Bonchev–Trinajstić information content (AvgIpc) is 2.15. The third kappa shape index (κ3) is 2.54. The minimum absolute atomic E-state index is 1.20. The van der Waals surface area contributed by atoms with Crippen LogP contribution >= 0.6 is 0 Å². The highest BCUT2D eigenvalue weighted by Crippen LogP contribution is 2.08. The van der Waals surface area contributed by atoms with Crippen LogP contribution in [-0.2, 0) is 6.42 Å². The van der Waals surface area contributed by atoms with E-state index in [-0.39, 0.29) is 0 Å². The van der Waals surface area contributed by atoms with E-state index in [1.807, 2.05) is 6.08 Å². The van der Waals surface area contributed by atoms with Crippen molar-refractivity contribution in [1.82, 2.24) is 0 Å². The van der Waals surface area contributed by atoms with E-state index in [4.69, 9.17) is 0 Å². The number of rotatable bonds is 4. The van der Waals surface area contributed by atoms with Gasteiger partial charge in [-0.15, -0.1) is 0 Å². The summed E-state index contributed by atoms with van der Waals surface area (Å²) in [6.45, 7) is 5.94. The summed E-state index contributed by atoms with van der Waals surface area (Å²) in [5.41, 5.74) is 2.64. The standard InChI is InChI=1S/C12H16/c1-3-5-6-12-9-7-11(4-2)8-10-12/h4,7-10H,2-3,5-6H2,1H3. The first-order valence-electron chi connectivity index (χ1n) is 4.58. The lowest BCUT2D eigenvalue weighted by Crippen LogP contribution is -1.83. The van der Waals surface area contributed by atoms with Gasteiger partial charge in [-0.05, 0) is 24.0 Å². The van der Waals surface area contributed by atoms with Crippen molar-refractivity contribution in [1.29, 1.82) is 0 Å². The molecule has 0 saturated carbocycles. The quantitative estimate of drug-likeness (QED) is 0.630. The highest BCUT2D eigenvalue weighted by atomic mass is 14.0. The topological polar surface area (TPSA) is 0 Å². The Balaban J connectivity index is 2.58. The summed E-state index contributed by atoms with van der Waals surface area (Å²) in [6.07, 6.45) is 5.63. The largest absolute Gasteiger partial charge is 0.0985 e. The van der Waals surface area contributed by atoms with Crippen molar-refractivity contribution < 1.29 is 0 Å². The van der Waals surface area contributed by atoms with Crippen LogP contribution in [0.15, 0.2) is 30.8 Å². The highest BCUT2D eigenvalue weighted by molar-refractivity contribution is 5.47. The van der Waals surface area contributed by atoms with Crippen LogP contribution in [0, 0.1) is 0 Å². The van der Waals surface area contributed by atoms with Crippen LogP contribution in [0.4, 0.5) is 0 Å². The maximum atomic E-state index is 3.72. The Morgan fingerprint density at radius 2 is 1.92 bits per heavy atom. The van der Waals surface area contributed by atoms with E-state index < -0.39 is 0 Å². The van der Waals surface area contributed by atoms with E-state index in [2.05, 4.69) is 37.8 Å². The fourth-order valence-corrected chi connectivity index (χ4v) is 1.20. The van der Waals surface area contributed by atoms with Crippen molar-refractivity contribution >= 4 is 6.08 Å². The first-order valence-corrected chi connectivity index (χ1v) is 4.58. The molecule has 0 atom stereocenters. The summed E-state index contributed by atoms with van der Waals surface area (Å²) in [7, 11) is 0. The third-order valence-corrected chi connectivity index (χ3v) is 2.03. The van der Waals surface area contributed by atoms with Gasteiger partial charge in [0, 0.05) is 0 Å². The molecular formula is C12H16. The van der Waals surface area contributed by atoms with Crippen LogP contribution in [-0.4, -0.2) is 0 Å². The fraction of sp³-hybridized carbons (Fsp3) is 0.333. The maximum absolute atomic E-state index is 3.72. The van der Waals surface area contributed by atoms with Crippen LogP contribution in [0.25, 0.3) is 6.08 Å². The fourth-order valence-electron chi connectivity index (χ4n) is 1.20. The Bertz CT molecular complexity index is 231. The normalized spacial score (nSPS) is 9.75. The number of hydrogen-bond donors (Lipinski definition) is 0. The molecule has 0 unspecified atom stereocenters. The lowest BCUT2D eigenvalue weighted by atomic mass is 10.1. The molecule has 0 aliphatic heterocycles. The Labute approximate surface area is 74.9 Å². The maximum Gasteiger partial charge on any atom is -0.0262 e. The van der Waals surface area contributed by atoms with Gasteiger partial charge < -0.3 is 0 Å². The summed E-state index contributed by atoms with van der Waals surface area (Å²) in [6, 6.07) is 8.62. The molecule has 0 aliphatic rings. The predicted octanol–water partition coefficient (Wildman–Crippen LogP) is 3.67. The highest BCUT2D eigenvalue weighted by Gasteiger charge is 1.90. The minimum atomic E-state index is 1.20. The van der Waals surface area contributed by atoms with E-state index in [1.165, 1.54) is 30.4 Å². The molecule has 12 heavy (non-hydrogen) atoms. The summed E-state index contributed by atoms with van der Waals surface area (Å²) in [5.74, 6) is 0. The molecular weight excluding hydrogens is 144 g/mol. The molecule has 0 bridgehead atoms. The predicted molar refractivity (Wildman–Crippen MR) is 55.1 cm³/mol. The number of benzene rings is 1. The Morgan fingerprint density at radius 1 is 1.25 bits per heavy atom. The molecule has 0 aromatic heterocycles. The third-order valence-electron chi connectivity index (χ3n) is 2.03. The van der Waals surface area contributed by atoms with Crippen molar-refractivity contribution in [3.05, 3.63) is 42.0 Å². The van der Waals surface area contributed by atoms with Crippen LogP contribution in [0.1, 0.15) is 30.9 Å².